The lowest BCUT2D eigenvalue weighted by molar-refractivity contribution is -0.386. The number of carboxylic acid groups (broad SMARTS) is 1. The van der Waals surface area contributed by atoms with Crippen LogP contribution in [0.2, 0.25) is 0 Å². The summed E-state index contributed by atoms with van der Waals surface area (Å²) in [6.07, 6.45) is 2.77. The summed E-state index contributed by atoms with van der Waals surface area (Å²) in [7, 11) is 0. The van der Waals surface area contributed by atoms with Crippen molar-refractivity contribution in [3.63, 3.8) is 0 Å². The first-order chi connectivity index (χ1) is 37.9. The molecule has 79 heavy (non-hydrogen) atoms. The maximum atomic E-state index is 13.3. The van der Waals surface area contributed by atoms with Crippen molar-refractivity contribution < 1.29 is 104 Å². The van der Waals surface area contributed by atoms with Gasteiger partial charge >= 0.3 is 5.97 Å². The van der Waals surface area contributed by atoms with Crippen LogP contribution in [0.15, 0.2) is 24.3 Å². The zero-order valence-electron chi connectivity index (χ0n) is 47.0. The molecule has 0 aliphatic carbocycles. The molecule has 2 amide bonds. The number of nitrogens with one attached hydrogen (secondary N) is 2. The molecule has 14 N–H and O–H groups in total. The van der Waals surface area contributed by atoms with E-state index in [0.29, 0.717) is 12.8 Å². The lowest BCUT2D eigenvalue weighted by Crippen LogP contribution is -2.70. The fraction of sp³-hybridized carbons (Fsp3) is 0.875. The van der Waals surface area contributed by atoms with Crippen LogP contribution in [0, 0.1) is 0 Å². The number of aliphatic hydroxyl groups excluding tert-OH is 11. The van der Waals surface area contributed by atoms with Crippen molar-refractivity contribution in [2.75, 3.05) is 26.4 Å². The number of unbranched alkanes of at least 4 members (excludes halogenated alkanes) is 19. The smallest absolute Gasteiger partial charge is 0.364 e. The molecular formula is C56H100N2O21. The number of hydrogen-bond donors (Lipinski definition) is 14. The summed E-state index contributed by atoms with van der Waals surface area (Å²) >= 11 is 0. The van der Waals surface area contributed by atoms with E-state index in [1.54, 1.807) is 6.08 Å². The van der Waals surface area contributed by atoms with Gasteiger partial charge < -0.3 is 100 Å². The number of carboxylic acids is 1. The fourth-order valence-corrected chi connectivity index (χ4v) is 10.1. The summed E-state index contributed by atoms with van der Waals surface area (Å²) in [5.74, 6) is -6.16. The number of aliphatic hydroxyl groups is 11. The van der Waals surface area contributed by atoms with E-state index in [0.717, 1.165) is 77.6 Å². The largest absolute Gasteiger partial charge is 0.477 e. The van der Waals surface area contributed by atoms with Crippen molar-refractivity contribution in [1.29, 1.82) is 0 Å². The summed E-state index contributed by atoms with van der Waals surface area (Å²) in [6.45, 7) is 2.03. The molecule has 0 aromatic carbocycles. The number of amides is 2. The summed E-state index contributed by atoms with van der Waals surface area (Å²) in [5.41, 5.74) is 0. The Labute approximate surface area is 466 Å². The monoisotopic (exact) mass is 1140 g/mol. The fourth-order valence-electron chi connectivity index (χ4n) is 10.1. The van der Waals surface area contributed by atoms with Crippen molar-refractivity contribution >= 4 is 17.8 Å². The first-order valence-electron chi connectivity index (χ1n) is 29.2. The van der Waals surface area contributed by atoms with Crippen LogP contribution in [0.3, 0.4) is 0 Å². The van der Waals surface area contributed by atoms with Crippen LogP contribution in [0.25, 0.3) is 0 Å². The summed E-state index contributed by atoms with van der Waals surface area (Å²) in [6, 6.07) is -2.62. The zero-order chi connectivity index (χ0) is 58.3. The van der Waals surface area contributed by atoms with Crippen LogP contribution in [-0.2, 0) is 42.8 Å². The molecule has 0 saturated carbocycles. The van der Waals surface area contributed by atoms with E-state index in [2.05, 4.69) is 36.6 Å². The third-order valence-electron chi connectivity index (χ3n) is 14.9. The number of carbonyl (C=O) groups is 3. The van der Waals surface area contributed by atoms with Gasteiger partial charge in [-0.05, 0) is 44.9 Å². The Kier molecular flexibility index (Phi) is 34.7. The van der Waals surface area contributed by atoms with Gasteiger partial charge in [0.05, 0.1) is 50.7 Å². The lowest BCUT2D eigenvalue weighted by Gasteiger charge is -2.50. The van der Waals surface area contributed by atoms with Gasteiger partial charge in [0.1, 0.15) is 67.1 Å². The molecule has 0 bridgehead atoms. The number of rotatable bonds is 41. The highest BCUT2D eigenvalue weighted by Gasteiger charge is 2.60. The summed E-state index contributed by atoms with van der Waals surface area (Å²) in [5, 5.41) is 135. The van der Waals surface area contributed by atoms with Gasteiger partial charge in [0.15, 0.2) is 12.6 Å². The number of hydrogen-bond acceptors (Lipinski definition) is 20. The molecule has 18 unspecified atom stereocenters. The van der Waals surface area contributed by atoms with E-state index < -0.39 is 155 Å². The van der Waals surface area contributed by atoms with Gasteiger partial charge in [0.2, 0.25) is 11.8 Å². The summed E-state index contributed by atoms with van der Waals surface area (Å²) in [4.78, 5) is 38.3. The molecule has 3 heterocycles. The van der Waals surface area contributed by atoms with E-state index in [-0.39, 0.29) is 12.3 Å². The van der Waals surface area contributed by atoms with E-state index in [4.69, 9.17) is 28.4 Å². The van der Waals surface area contributed by atoms with Crippen LogP contribution in [-0.4, -0.2) is 215 Å². The standard InChI is InChI=1S/C56H100N2O21/c1-4-6-8-10-12-14-15-16-17-18-19-20-22-24-26-28-30-43(66)58-37(38(63)29-27-25-23-21-13-11-9-7-5-2)35-74-53-48(70)47(69)50(42(34-61)76-53)77-54-49(71)52(46(68)41(33-60)75-54)79-56(55(72)73)31-39(64)44(57-36(3)62)51(78-56)45(67)40(65)32-59/h17-18,27,29,37-42,44-54,59-61,63-65,67-71H,4-16,19-26,28,30-35H2,1-3H3,(H,57,62)(H,58,66)(H,72,73)/b18-17-,29-27+. The van der Waals surface area contributed by atoms with Crippen LogP contribution < -0.4 is 10.6 Å². The molecule has 3 saturated heterocycles. The van der Waals surface area contributed by atoms with Crippen molar-refractivity contribution in [3.05, 3.63) is 24.3 Å². The third kappa shape index (κ3) is 23.8. The molecule has 460 valence electrons. The molecule has 0 aromatic rings. The highest BCUT2D eigenvalue weighted by atomic mass is 16.8. The molecule has 18 atom stereocenters. The van der Waals surface area contributed by atoms with Crippen molar-refractivity contribution in [1.82, 2.24) is 10.6 Å². The Morgan fingerprint density at radius 1 is 0.658 bits per heavy atom. The van der Waals surface area contributed by atoms with Gasteiger partial charge in [-0.15, -0.1) is 0 Å². The molecule has 0 radical (unpaired) electrons. The second-order valence-corrected chi connectivity index (χ2v) is 21.5. The van der Waals surface area contributed by atoms with Crippen molar-refractivity contribution in [2.45, 2.75) is 285 Å². The van der Waals surface area contributed by atoms with Gasteiger partial charge in [-0.2, -0.15) is 0 Å². The topological polar surface area (TPSA) is 373 Å². The quantitative estimate of drug-likeness (QED) is 0.0306. The van der Waals surface area contributed by atoms with Crippen LogP contribution in [0.5, 0.6) is 0 Å². The lowest BCUT2D eigenvalue weighted by atomic mass is 9.88. The SMILES string of the molecule is CCCCCCCCC/C=C\CCCCCCCC(=O)NC(COC1OC(CO)C(OC2OC(CO)C(O)C(OC3(C(=O)O)CC(O)C(NC(C)=O)C(C(O)C(O)CO)O3)C2O)C(O)C1O)C(O)/C=C/CCCCCCCCC. The first-order valence-corrected chi connectivity index (χ1v) is 29.2. The Morgan fingerprint density at radius 3 is 1.72 bits per heavy atom. The van der Waals surface area contributed by atoms with Gasteiger partial charge in [0.25, 0.3) is 5.79 Å². The van der Waals surface area contributed by atoms with Crippen LogP contribution in [0.4, 0.5) is 0 Å². The number of ether oxygens (including phenoxy) is 6. The van der Waals surface area contributed by atoms with Crippen molar-refractivity contribution in [2.24, 2.45) is 0 Å². The molecule has 0 spiro atoms. The van der Waals surface area contributed by atoms with Gasteiger partial charge in [-0.3, -0.25) is 9.59 Å². The van der Waals surface area contributed by atoms with E-state index >= 15 is 0 Å². The molecule has 0 aromatic heterocycles. The highest BCUT2D eigenvalue weighted by molar-refractivity contribution is 5.77. The van der Waals surface area contributed by atoms with Crippen LogP contribution >= 0.6 is 0 Å². The molecule has 23 heteroatoms. The van der Waals surface area contributed by atoms with E-state index in [1.807, 2.05) is 6.08 Å². The van der Waals surface area contributed by atoms with Gasteiger partial charge in [0, 0.05) is 19.8 Å². The zero-order valence-corrected chi connectivity index (χ0v) is 47.0. The Balaban J connectivity index is 1.67. The van der Waals surface area contributed by atoms with E-state index in [9.17, 15) is 75.7 Å². The first kappa shape index (κ1) is 70.5. The molecular weight excluding hydrogens is 1040 g/mol. The minimum atomic E-state index is -3.08. The number of allylic oxidation sites excluding steroid dienone is 3. The second-order valence-electron chi connectivity index (χ2n) is 21.5. The highest BCUT2D eigenvalue weighted by Crippen LogP contribution is 2.38. The predicted octanol–water partition coefficient (Wildman–Crippen LogP) is 1.77. The minimum Gasteiger partial charge on any atom is -0.477 e. The normalized spacial score (nSPS) is 31.0. The predicted molar refractivity (Wildman–Crippen MR) is 288 cm³/mol. The van der Waals surface area contributed by atoms with Gasteiger partial charge in [-0.1, -0.05) is 134 Å². The molecule has 3 rings (SSSR count). The van der Waals surface area contributed by atoms with Crippen molar-refractivity contribution in [3.8, 4) is 0 Å². The maximum absolute atomic E-state index is 13.3. The summed E-state index contributed by atoms with van der Waals surface area (Å²) < 4.78 is 34.6. The second kappa shape index (κ2) is 38.9. The van der Waals surface area contributed by atoms with Crippen LogP contribution in [0.1, 0.15) is 175 Å². The molecule has 3 fully saturated rings. The Bertz CT molecular complexity index is 1730. The van der Waals surface area contributed by atoms with E-state index in [1.165, 1.54) is 57.8 Å². The number of aliphatic carboxylic acids is 1. The Hall–Kier alpha value is -2.79. The minimum absolute atomic E-state index is 0.190. The number of carbonyl (C=O) groups excluding carboxylic acids is 2. The average molecular weight is 1140 g/mol. The maximum Gasteiger partial charge on any atom is 0.364 e. The van der Waals surface area contributed by atoms with Gasteiger partial charge in [-0.25, -0.2) is 4.79 Å². The third-order valence-corrected chi connectivity index (χ3v) is 14.9. The average Bonchev–Trinajstić information content (AvgIpc) is 3.52. The molecule has 23 nitrogen and oxygen atoms in total. The molecule has 3 aliphatic heterocycles. The Morgan fingerprint density at radius 2 is 1.19 bits per heavy atom. The molecule has 3 aliphatic rings.